The summed E-state index contributed by atoms with van der Waals surface area (Å²) < 4.78 is 39.0. The number of halogens is 2. The SMILES string of the molecule is Nc1cc(F)ccc1S(=O)Cc1cccc([N+](=O)[O-])c1F. The molecule has 0 aromatic heterocycles. The number of hydrogen-bond donors (Lipinski definition) is 1. The Kier molecular flexibility index (Phi) is 4.27. The molecule has 2 aromatic rings. The number of nitrogens with zero attached hydrogens (tertiary/aromatic N) is 1. The fourth-order valence-electron chi connectivity index (χ4n) is 1.76. The zero-order valence-electron chi connectivity index (χ0n) is 10.6. The van der Waals surface area contributed by atoms with Gasteiger partial charge in [0, 0.05) is 11.6 Å². The van der Waals surface area contributed by atoms with Gasteiger partial charge < -0.3 is 5.73 Å². The molecule has 0 radical (unpaired) electrons. The molecule has 0 fully saturated rings. The average Bonchev–Trinajstić information content (AvgIpc) is 2.40. The molecule has 2 N–H and O–H groups in total. The second-order valence-corrected chi connectivity index (χ2v) is 5.60. The Bertz CT molecular complexity index is 737. The van der Waals surface area contributed by atoms with Crippen LogP contribution in [0.5, 0.6) is 0 Å². The molecule has 0 amide bonds. The normalized spacial score (nSPS) is 12.1. The second-order valence-electron chi connectivity index (χ2n) is 4.18. The van der Waals surface area contributed by atoms with E-state index in [9.17, 15) is 23.1 Å². The highest BCUT2D eigenvalue weighted by atomic mass is 32.2. The van der Waals surface area contributed by atoms with E-state index in [0.29, 0.717) is 0 Å². The number of nitro benzene ring substituents is 1. The Balaban J connectivity index is 2.32. The summed E-state index contributed by atoms with van der Waals surface area (Å²) in [6, 6.07) is 6.98. The topological polar surface area (TPSA) is 86.2 Å². The lowest BCUT2D eigenvalue weighted by molar-refractivity contribution is -0.387. The van der Waals surface area contributed by atoms with E-state index in [1.807, 2.05) is 0 Å². The molecule has 0 bridgehead atoms. The van der Waals surface area contributed by atoms with Crippen LogP contribution in [-0.4, -0.2) is 9.13 Å². The maximum atomic E-state index is 13.9. The standard InChI is InChI=1S/C13H10F2N2O3S/c14-9-4-5-12(10(16)6-9)21(20)7-8-2-1-3-11(13(8)15)17(18)19/h1-6H,7,16H2. The Morgan fingerprint density at radius 1 is 1.24 bits per heavy atom. The number of hydrogen-bond acceptors (Lipinski definition) is 4. The molecule has 0 aliphatic rings. The van der Waals surface area contributed by atoms with Gasteiger partial charge in [-0.05, 0) is 18.2 Å². The van der Waals surface area contributed by atoms with Gasteiger partial charge in [-0.1, -0.05) is 12.1 Å². The summed E-state index contributed by atoms with van der Waals surface area (Å²) in [4.78, 5) is 9.95. The van der Waals surface area contributed by atoms with Crippen LogP contribution in [0.1, 0.15) is 5.56 Å². The van der Waals surface area contributed by atoms with E-state index >= 15 is 0 Å². The number of nitro groups is 1. The first-order chi connectivity index (χ1) is 9.90. The minimum atomic E-state index is -1.74. The predicted octanol–water partition coefficient (Wildman–Crippen LogP) is 2.76. The molecular formula is C13H10F2N2O3S. The molecule has 8 heteroatoms. The monoisotopic (exact) mass is 312 g/mol. The van der Waals surface area contributed by atoms with Gasteiger partial charge in [0.25, 0.3) is 0 Å². The quantitative estimate of drug-likeness (QED) is 0.534. The van der Waals surface area contributed by atoms with Gasteiger partial charge >= 0.3 is 5.69 Å². The van der Waals surface area contributed by atoms with Crippen LogP contribution in [0.2, 0.25) is 0 Å². The van der Waals surface area contributed by atoms with Crippen LogP contribution in [-0.2, 0) is 16.6 Å². The summed E-state index contributed by atoms with van der Waals surface area (Å²) in [6.45, 7) is 0. The molecule has 0 aliphatic heterocycles. The third-order valence-corrected chi connectivity index (χ3v) is 4.19. The fraction of sp³-hybridized carbons (Fsp3) is 0.0769. The number of anilines is 1. The highest BCUT2D eigenvalue weighted by Crippen LogP contribution is 2.25. The number of nitrogen functional groups attached to an aromatic ring is 1. The molecule has 110 valence electrons. The van der Waals surface area contributed by atoms with E-state index in [4.69, 9.17) is 5.73 Å². The molecule has 0 aliphatic carbocycles. The highest BCUT2D eigenvalue weighted by Gasteiger charge is 2.19. The Labute approximate surface area is 121 Å². The molecule has 0 heterocycles. The van der Waals surface area contributed by atoms with E-state index in [1.165, 1.54) is 18.2 Å². The molecule has 2 rings (SSSR count). The van der Waals surface area contributed by atoms with Crippen molar-refractivity contribution in [2.75, 3.05) is 5.73 Å². The van der Waals surface area contributed by atoms with Gasteiger partial charge in [0.2, 0.25) is 5.82 Å². The van der Waals surface area contributed by atoms with Crippen molar-refractivity contribution in [1.82, 2.24) is 0 Å². The lowest BCUT2D eigenvalue weighted by atomic mass is 10.2. The lowest BCUT2D eigenvalue weighted by Gasteiger charge is -2.07. The van der Waals surface area contributed by atoms with Crippen LogP contribution in [0, 0.1) is 21.7 Å². The van der Waals surface area contributed by atoms with Gasteiger partial charge in [0.1, 0.15) is 5.82 Å². The summed E-state index contributed by atoms with van der Waals surface area (Å²) in [5.41, 5.74) is 4.80. The van der Waals surface area contributed by atoms with Crippen LogP contribution in [0.25, 0.3) is 0 Å². The van der Waals surface area contributed by atoms with Gasteiger partial charge in [0.05, 0.1) is 32.1 Å². The molecule has 21 heavy (non-hydrogen) atoms. The summed E-state index contributed by atoms with van der Waals surface area (Å²) in [6.07, 6.45) is 0. The first-order valence-electron chi connectivity index (χ1n) is 5.75. The van der Waals surface area contributed by atoms with Crippen molar-refractivity contribution in [3.05, 3.63) is 63.7 Å². The van der Waals surface area contributed by atoms with Gasteiger partial charge in [-0.15, -0.1) is 0 Å². The van der Waals surface area contributed by atoms with Crippen molar-refractivity contribution in [3.8, 4) is 0 Å². The first-order valence-corrected chi connectivity index (χ1v) is 7.07. The van der Waals surface area contributed by atoms with E-state index in [1.54, 1.807) is 0 Å². The smallest absolute Gasteiger partial charge is 0.305 e. The molecule has 0 saturated carbocycles. The molecule has 1 atom stereocenters. The molecule has 0 spiro atoms. The number of nitrogens with two attached hydrogens (primary N) is 1. The third-order valence-electron chi connectivity index (χ3n) is 2.76. The molecule has 1 unspecified atom stereocenters. The maximum Gasteiger partial charge on any atom is 0.305 e. The fourth-order valence-corrected chi connectivity index (χ4v) is 2.97. The summed E-state index contributed by atoms with van der Waals surface area (Å²) in [5, 5.41) is 10.6. The second kappa shape index (κ2) is 5.96. The van der Waals surface area contributed by atoms with E-state index in [0.717, 1.165) is 18.2 Å². The first kappa shape index (κ1) is 15.0. The van der Waals surface area contributed by atoms with Crippen molar-refractivity contribution >= 4 is 22.2 Å². The Hall–Kier alpha value is -2.35. The number of rotatable bonds is 4. The van der Waals surface area contributed by atoms with Crippen LogP contribution in [0.3, 0.4) is 0 Å². The Morgan fingerprint density at radius 2 is 1.95 bits per heavy atom. The van der Waals surface area contributed by atoms with Crippen molar-refractivity contribution < 1.29 is 17.9 Å². The molecule has 0 saturated heterocycles. The third kappa shape index (κ3) is 3.22. The van der Waals surface area contributed by atoms with Crippen molar-refractivity contribution in [2.45, 2.75) is 10.6 Å². The van der Waals surface area contributed by atoms with Crippen LogP contribution in [0.15, 0.2) is 41.3 Å². The highest BCUT2D eigenvalue weighted by molar-refractivity contribution is 7.84. The van der Waals surface area contributed by atoms with E-state index in [2.05, 4.69) is 0 Å². The van der Waals surface area contributed by atoms with Crippen LogP contribution < -0.4 is 5.73 Å². The van der Waals surface area contributed by atoms with Crippen molar-refractivity contribution in [3.63, 3.8) is 0 Å². The van der Waals surface area contributed by atoms with Gasteiger partial charge in [-0.3, -0.25) is 14.3 Å². The maximum absolute atomic E-state index is 13.9. The number of benzene rings is 2. The molecular weight excluding hydrogens is 302 g/mol. The molecule has 5 nitrogen and oxygen atoms in total. The minimum Gasteiger partial charge on any atom is -0.398 e. The van der Waals surface area contributed by atoms with Gasteiger partial charge in [-0.25, -0.2) is 4.39 Å². The zero-order chi connectivity index (χ0) is 15.6. The summed E-state index contributed by atoms with van der Waals surface area (Å²) >= 11 is 0. The largest absolute Gasteiger partial charge is 0.398 e. The predicted molar refractivity (Wildman–Crippen MR) is 74.0 cm³/mol. The van der Waals surface area contributed by atoms with Crippen LogP contribution in [0.4, 0.5) is 20.2 Å². The summed E-state index contributed by atoms with van der Waals surface area (Å²) in [7, 11) is -1.74. The van der Waals surface area contributed by atoms with Gasteiger partial charge in [-0.2, -0.15) is 4.39 Å². The summed E-state index contributed by atoms with van der Waals surface area (Å²) in [5.74, 6) is -1.89. The van der Waals surface area contributed by atoms with E-state index in [-0.39, 0.29) is 21.9 Å². The minimum absolute atomic E-state index is 0.0147. The van der Waals surface area contributed by atoms with Crippen LogP contribution >= 0.6 is 0 Å². The molecule has 2 aromatic carbocycles. The van der Waals surface area contributed by atoms with Crippen molar-refractivity contribution in [1.29, 1.82) is 0 Å². The lowest BCUT2D eigenvalue weighted by Crippen LogP contribution is -2.04. The van der Waals surface area contributed by atoms with E-state index < -0.39 is 33.0 Å². The Morgan fingerprint density at radius 3 is 2.57 bits per heavy atom. The zero-order valence-corrected chi connectivity index (χ0v) is 11.4. The van der Waals surface area contributed by atoms with Gasteiger partial charge in [0.15, 0.2) is 0 Å². The average molecular weight is 312 g/mol. The van der Waals surface area contributed by atoms with Crippen molar-refractivity contribution in [2.24, 2.45) is 0 Å².